The Morgan fingerprint density at radius 1 is 1.22 bits per heavy atom. The summed E-state index contributed by atoms with van der Waals surface area (Å²) in [5.41, 5.74) is -0.440. The highest BCUT2D eigenvalue weighted by molar-refractivity contribution is 5.87. The summed E-state index contributed by atoms with van der Waals surface area (Å²) in [5.74, 6) is 1.63. The normalized spacial score (nSPS) is 45.5. The van der Waals surface area contributed by atoms with Gasteiger partial charge in [0, 0.05) is 24.5 Å². The Kier molecular flexibility index (Phi) is 4.94. The molecule has 172 valence electrons. The Hall–Kier alpha value is -2.00. The highest BCUT2D eigenvalue weighted by atomic mass is 16.3. The number of ketones is 2. The van der Waals surface area contributed by atoms with Crippen molar-refractivity contribution < 1.29 is 14.7 Å². The van der Waals surface area contributed by atoms with Crippen molar-refractivity contribution in [3.05, 3.63) is 18.0 Å². The second-order valence-corrected chi connectivity index (χ2v) is 12.0. The minimum atomic E-state index is -0.605. The van der Waals surface area contributed by atoms with E-state index in [-0.39, 0.29) is 35.0 Å². The maximum atomic E-state index is 13.7. The molecule has 4 unspecified atom stereocenters. The van der Waals surface area contributed by atoms with Gasteiger partial charge in [-0.05, 0) is 80.5 Å². The number of nitrogens with zero attached hydrogens (tertiary/aromatic N) is 3. The van der Waals surface area contributed by atoms with Crippen LogP contribution in [-0.4, -0.2) is 32.1 Å². The molecule has 6 heteroatoms. The van der Waals surface area contributed by atoms with Crippen LogP contribution in [0.1, 0.15) is 77.7 Å². The van der Waals surface area contributed by atoms with Gasteiger partial charge < -0.3 is 5.11 Å². The predicted octanol–water partition coefficient (Wildman–Crippen LogP) is 3.91. The molecule has 1 aromatic heterocycles. The number of fused-ring (bicyclic) bond motifs is 5. The van der Waals surface area contributed by atoms with Gasteiger partial charge >= 0.3 is 0 Å². The summed E-state index contributed by atoms with van der Waals surface area (Å²) in [5, 5.41) is 23.8. The topological polar surface area (TPSA) is 96.0 Å². The van der Waals surface area contributed by atoms with E-state index in [2.05, 4.69) is 25.0 Å². The molecule has 0 aromatic carbocycles. The molecule has 1 aromatic rings. The van der Waals surface area contributed by atoms with Crippen molar-refractivity contribution in [2.75, 3.05) is 0 Å². The fraction of sp³-hybridized carbons (Fsp3) is 0.769. The van der Waals surface area contributed by atoms with Crippen molar-refractivity contribution >= 4 is 11.6 Å². The Morgan fingerprint density at radius 3 is 2.72 bits per heavy atom. The molecule has 0 radical (unpaired) electrons. The Labute approximate surface area is 190 Å². The number of carbonyl (C=O) groups is 2. The highest BCUT2D eigenvalue weighted by Crippen LogP contribution is 2.67. The summed E-state index contributed by atoms with van der Waals surface area (Å²) in [6, 6.07) is 2.06. The lowest BCUT2D eigenvalue weighted by molar-refractivity contribution is -0.168. The van der Waals surface area contributed by atoms with Gasteiger partial charge in [-0.2, -0.15) is 10.4 Å². The van der Waals surface area contributed by atoms with Crippen LogP contribution in [0.3, 0.4) is 0 Å². The molecule has 0 aliphatic heterocycles. The van der Waals surface area contributed by atoms with Crippen LogP contribution in [0.5, 0.6) is 0 Å². The maximum Gasteiger partial charge on any atom is 0.157 e. The van der Waals surface area contributed by atoms with Crippen molar-refractivity contribution in [1.82, 2.24) is 9.78 Å². The predicted molar refractivity (Wildman–Crippen MR) is 118 cm³/mol. The summed E-state index contributed by atoms with van der Waals surface area (Å²) in [6.07, 6.45) is 10.1. The van der Waals surface area contributed by atoms with Gasteiger partial charge in [-0.15, -0.1) is 0 Å². The first-order valence-electron chi connectivity index (χ1n) is 12.3. The van der Waals surface area contributed by atoms with Crippen LogP contribution in [0.25, 0.3) is 0 Å². The van der Waals surface area contributed by atoms with Gasteiger partial charge in [-0.25, -0.2) is 0 Å². The second-order valence-electron chi connectivity index (χ2n) is 12.0. The summed E-state index contributed by atoms with van der Waals surface area (Å²) in [6.45, 7) is 6.62. The van der Waals surface area contributed by atoms with E-state index >= 15 is 0 Å². The van der Waals surface area contributed by atoms with Crippen LogP contribution in [0.2, 0.25) is 0 Å². The van der Waals surface area contributed by atoms with Crippen molar-refractivity contribution in [2.45, 2.75) is 84.3 Å². The SMILES string of the molecule is CC12CC(=O)[C@H]3C(CC[C@H]4C[C@](C)(O)CCC43C)[C@@H]1CCC2C(=O)Cn1cc(C#N)cn1. The molecule has 0 saturated heterocycles. The Balaban J connectivity index is 1.38. The lowest BCUT2D eigenvalue weighted by Crippen LogP contribution is -2.59. The molecule has 0 amide bonds. The van der Waals surface area contributed by atoms with Gasteiger partial charge in [0.25, 0.3) is 0 Å². The number of aliphatic hydroxyl groups is 1. The lowest BCUT2D eigenvalue weighted by atomic mass is 9.43. The molecule has 4 saturated carbocycles. The summed E-state index contributed by atoms with van der Waals surface area (Å²) < 4.78 is 1.56. The number of Topliss-reactive ketones (excluding diaryl/α,β-unsaturated/α-hetero) is 2. The molecule has 4 fully saturated rings. The van der Waals surface area contributed by atoms with Gasteiger partial charge in [0.2, 0.25) is 0 Å². The van der Waals surface area contributed by atoms with E-state index < -0.39 is 5.60 Å². The molecule has 0 spiro atoms. The first-order valence-corrected chi connectivity index (χ1v) is 12.3. The number of aromatic nitrogens is 2. The van der Waals surface area contributed by atoms with Gasteiger partial charge in [0.1, 0.15) is 11.9 Å². The fourth-order valence-electron chi connectivity index (χ4n) is 8.55. The minimum Gasteiger partial charge on any atom is -0.390 e. The van der Waals surface area contributed by atoms with Gasteiger partial charge in [0.05, 0.1) is 23.9 Å². The van der Waals surface area contributed by atoms with E-state index in [9.17, 15) is 14.7 Å². The van der Waals surface area contributed by atoms with Crippen molar-refractivity contribution in [3.8, 4) is 6.07 Å². The summed E-state index contributed by atoms with van der Waals surface area (Å²) >= 11 is 0. The molecule has 1 heterocycles. The minimum absolute atomic E-state index is 0.0194. The van der Waals surface area contributed by atoms with Crippen LogP contribution in [0.15, 0.2) is 12.4 Å². The van der Waals surface area contributed by atoms with Crippen molar-refractivity contribution in [1.29, 1.82) is 5.26 Å². The number of nitriles is 1. The highest BCUT2D eigenvalue weighted by Gasteiger charge is 2.64. The quantitative estimate of drug-likeness (QED) is 0.773. The molecule has 5 rings (SSSR count). The third kappa shape index (κ3) is 3.19. The molecule has 32 heavy (non-hydrogen) atoms. The molecule has 4 aliphatic carbocycles. The Morgan fingerprint density at radius 2 is 2.00 bits per heavy atom. The number of rotatable bonds is 3. The number of hydrogen-bond donors (Lipinski definition) is 1. The van der Waals surface area contributed by atoms with Crippen molar-refractivity contribution in [3.63, 3.8) is 0 Å². The van der Waals surface area contributed by atoms with E-state index in [1.54, 1.807) is 10.9 Å². The molecule has 4 aliphatic rings. The average molecular weight is 438 g/mol. The van der Waals surface area contributed by atoms with Crippen LogP contribution in [-0.2, 0) is 16.1 Å². The van der Waals surface area contributed by atoms with E-state index in [0.717, 1.165) is 44.9 Å². The van der Waals surface area contributed by atoms with E-state index in [1.165, 1.54) is 6.20 Å². The Bertz CT molecular complexity index is 991. The monoisotopic (exact) mass is 437 g/mol. The molecule has 6 nitrogen and oxygen atoms in total. The van der Waals surface area contributed by atoms with Gasteiger partial charge in [-0.1, -0.05) is 13.8 Å². The third-order valence-electron chi connectivity index (χ3n) is 10.1. The van der Waals surface area contributed by atoms with E-state index in [1.807, 2.05) is 6.92 Å². The van der Waals surface area contributed by atoms with Crippen LogP contribution < -0.4 is 0 Å². The maximum absolute atomic E-state index is 13.7. The second kappa shape index (κ2) is 7.25. The molecule has 8 atom stereocenters. The molecular formula is C26H35N3O3. The van der Waals surface area contributed by atoms with Crippen LogP contribution in [0, 0.1) is 51.8 Å². The molecule has 1 N–H and O–H groups in total. The summed E-state index contributed by atoms with van der Waals surface area (Å²) in [7, 11) is 0. The first kappa shape index (κ1) is 21.8. The van der Waals surface area contributed by atoms with E-state index in [4.69, 9.17) is 5.26 Å². The summed E-state index contributed by atoms with van der Waals surface area (Å²) in [4.78, 5) is 27.1. The zero-order valence-electron chi connectivity index (χ0n) is 19.5. The molecular weight excluding hydrogens is 402 g/mol. The fourth-order valence-corrected chi connectivity index (χ4v) is 8.55. The standard InChI is InChI=1S/C26H35N3O3/c1-24(32)8-9-25(2)17(10-24)4-5-18-19-6-7-20(26(19,3)11-21(30)23(18)25)22(31)15-29-14-16(12-27)13-28-29/h13-14,17-20,23,32H,4-11,15H2,1-3H3/t17-,18?,19-,20?,23+,24+,25?,26?/m0/s1. The van der Waals surface area contributed by atoms with Gasteiger partial charge in [-0.3, -0.25) is 14.3 Å². The zero-order valence-corrected chi connectivity index (χ0v) is 19.5. The first-order chi connectivity index (χ1) is 15.1. The molecule has 0 bridgehead atoms. The zero-order chi connectivity index (χ0) is 22.9. The number of hydrogen-bond acceptors (Lipinski definition) is 5. The van der Waals surface area contributed by atoms with Crippen LogP contribution in [0.4, 0.5) is 0 Å². The van der Waals surface area contributed by atoms with Gasteiger partial charge in [0.15, 0.2) is 5.78 Å². The third-order valence-corrected chi connectivity index (χ3v) is 10.1. The van der Waals surface area contributed by atoms with Crippen LogP contribution >= 0.6 is 0 Å². The van der Waals surface area contributed by atoms with E-state index in [0.29, 0.717) is 35.5 Å². The number of carbonyl (C=O) groups excluding carboxylic acids is 2. The lowest BCUT2D eigenvalue weighted by Gasteiger charge is -2.60. The average Bonchev–Trinajstić information content (AvgIpc) is 3.31. The largest absolute Gasteiger partial charge is 0.390 e. The van der Waals surface area contributed by atoms with Crippen molar-refractivity contribution in [2.24, 2.45) is 40.4 Å². The smallest absolute Gasteiger partial charge is 0.157 e.